The first-order chi connectivity index (χ1) is 9.51. The summed E-state index contributed by atoms with van der Waals surface area (Å²) in [6, 6.07) is 3.11. The Morgan fingerprint density at radius 1 is 1.10 bits per heavy atom. The highest BCUT2D eigenvalue weighted by atomic mass is 35.5. The summed E-state index contributed by atoms with van der Waals surface area (Å²) in [5.41, 5.74) is 6.16. The van der Waals surface area contributed by atoms with Gasteiger partial charge >= 0.3 is 0 Å². The van der Waals surface area contributed by atoms with Crippen molar-refractivity contribution in [2.45, 2.75) is 25.7 Å². The van der Waals surface area contributed by atoms with Crippen molar-refractivity contribution in [2.24, 2.45) is 17.6 Å². The van der Waals surface area contributed by atoms with Gasteiger partial charge in [-0.25, -0.2) is 0 Å². The zero-order valence-corrected chi connectivity index (χ0v) is 13.2. The SMILES string of the molecule is NCC1CCC(C(=O)Nc2cc(Cl)c(Cl)cc2Cl)CC1. The monoisotopic (exact) mass is 334 g/mol. The summed E-state index contributed by atoms with van der Waals surface area (Å²) < 4.78 is 0. The molecule has 3 nitrogen and oxygen atoms in total. The molecule has 0 unspecified atom stereocenters. The highest BCUT2D eigenvalue weighted by Crippen LogP contribution is 2.34. The van der Waals surface area contributed by atoms with Gasteiger partial charge in [0.25, 0.3) is 0 Å². The summed E-state index contributed by atoms with van der Waals surface area (Å²) >= 11 is 17.9. The van der Waals surface area contributed by atoms with Gasteiger partial charge in [-0.3, -0.25) is 4.79 Å². The Morgan fingerprint density at radius 2 is 1.70 bits per heavy atom. The molecule has 0 radical (unpaired) electrons. The maximum Gasteiger partial charge on any atom is 0.227 e. The number of rotatable bonds is 3. The summed E-state index contributed by atoms with van der Waals surface area (Å²) in [5.74, 6) is 0.552. The van der Waals surface area contributed by atoms with Crippen molar-refractivity contribution in [3.8, 4) is 0 Å². The van der Waals surface area contributed by atoms with E-state index in [1.807, 2.05) is 0 Å². The molecule has 0 heterocycles. The molecule has 0 bridgehead atoms. The molecule has 1 aliphatic carbocycles. The average molecular weight is 336 g/mol. The van der Waals surface area contributed by atoms with E-state index >= 15 is 0 Å². The molecule has 1 aromatic rings. The van der Waals surface area contributed by atoms with Crippen LogP contribution < -0.4 is 11.1 Å². The summed E-state index contributed by atoms with van der Waals surface area (Å²) in [5, 5.41) is 3.97. The lowest BCUT2D eigenvalue weighted by Crippen LogP contribution is -2.29. The highest BCUT2D eigenvalue weighted by Gasteiger charge is 2.26. The molecular formula is C14H17Cl3N2O. The number of carbonyl (C=O) groups is 1. The molecule has 110 valence electrons. The minimum absolute atomic E-state index is 0.0132. The second-order valence-corrected chi connectivity index (χ2v) is 6.41. The lowest BCUT2D eigenvalue weighted by Gasteiger charge is -2.26. The fraction of sp³-hybridized carbons (Fsp3) is 0.500. The molecule has 1 aromatic carbocycles. The second-order valence-electron chi connectivity index (χ2n) is 5.19. The number of hydrogen-bond acceptors (Lipinski definition) is 2. The Morgan fingerprint density at radius 3 is 2.30 bits per heavy atom. The standard InChI is InChI=1S/C14H17Cl3N2O/c15-10-5-12(17)13(6-11(10)16)19-14(20)9-3-1-8(7-18)2-4-9/h5-6,8-9H,1-4,7,18H2,(H,19,20). The van der Waals surface area contributed by atoms with Crippen molar-refractivity contribution in [1.82, 2.24) is 0 Å². The Hall–Kier alpha value is -0.480. The first-order valence-electron chi connectivity index (χ1n) is 6.66. The molecule has 2 rings (SSSR count). The van der Waals surface area contributed by atoms with Crippen LogP contribution in [0.1, 0.15) is 25.7 Å². The van der Waals surface area contributed by atoms with Crippen molar-refractivity contribution in [3.05, 3.63) is 27.2 Å². The van der Waals surface area contributed by atoms with Crippen LogP contribution in [0.4, 0.5) is 5.69 Å². The lowest BCUT2D eigenvalue weighted by molar-refractivity contribution is -0.121. The first-order valence-corrected chi connectivity index (χ1v) is 7.80. The number of hydrogen-bond donors (Lipinski definition) is 2. The van der Waals surface area contributed by atoms with Gasteiger partial charge in [0.1, 0.15) is 0 Å². The molecule has 0 atom stereocenters. The molecule has 20 heavy (non-hydrogen) atoms. The fourth-order valence-corrected chi connectivity index (χ4v) is 3.11. The molecule has 0 aliphatic heterocycles. The predicted octanol–water partition coefficient (Wildman–Crippen LogP) is 4.35. The maximum atomic E-state index is 12.2. The van der Waals surface area contributed by atoms with Crippen LogP contribution in [-0.2, 0) is 4.79 Å². The average Bonchev–Trinajstić information content (AvgIpc) is 2.44. The van der Waals surface area contributed by atoms with Crippen molar-refractivity contribution >= 4 is 46.4 Å². The Bertz CT molecular complexity index is 499. The molecule has 1 aliphatic rings. The number of halogens is 3. The minimum atomic E-state index is -0.0132. The van der Waals surface area contributed by atoms with Crippen molar-refractivity contribution in [3.63, 3.8) is 0 Å². The van der Waals surface area contributed by atoms with Crippen molar-refractivity contribution < 1.29 is 4.79 Å². The van der Waals surface area contributed by atoms with Gasteiger partial charge < -0.3 is 11.1 Å². The molecule has 0 spiro atoms. The van der Waals surface area contributed by atoms with Gasteiger partial charge in [-0.2, -0.15) is 0 Å². The largest absolute Gasteiger partial charge is 0.330 e. The van der Waals surface area contributed by atoms with E-state index in [4.69, 9.17) is 40.5 Å². The van der Waals surface area contributed by atoms with Gasteiger partial charge in [-0.05, 0) is 50.3 Å². The number of carbonyl (C=O) groups excluding carboxylic acids is 1. The molecule has 1 amide bonds. The molecular weight excluding hydrogens is 319 g/mol. The van der Waals surface area contributed by atoms with Crippen LogP contribution in [0.5, 0.6) is 0 Å². The topological polar surface area (TPSA) is 55.1 Å². The minimum Gasteiger partial charge on any atom is -0.330 e. The summed E-state index contributed by atoms with van der Waals surface area (Å²) in [4.78, 5) is 12.2. The van der Waals surface area contributed by atoms with Crippen LogP contribution >= 0.6 is 34.8 Å². The smallest absolute Gasteiger partial charge is 0.227 e. The van der Waals surface area contributed by atoms with Crippen LogP contribution in [-0.4, -0.2) is 12.5 Å². The fourth-order valence-electron chi connectivity index (χ4n) is 2.51. The number of nitrogens with two attached hydrogens (primary N) is 1. The maximum absolute atomic E-state index is 12.2. The van der Waals surface area contributed by atoms with E-state index in [-0.39, 0.29) is 11.8 Å². The predicted molar refractivity (Wildman–Crippen MR) is 84.6 cm³/mol. The third-order valence-corrected chi connectivity index (χ3v) is 4.85. The number of amides is 1. The molecule has 3 N–H and O–H groups in total. The molecule has 0 saturated heterocycles. The number of nitrogens with one attached hydrogen (secondary N) is 1. The number of anilines is 1. The Labute approximate surface area is 133 Å². The zero-order chi connectivity index (χ0) is 14.7. The van der Waals surface area contributed by atoms with Crippen molar-refractivity contribution in [2.75, 3.05) is 11.9 Å². The van der Waals surface area contributed by atoms with Gasteiger partial charge in [0, 0.05) is 5.92 Å². The van der Waals surface area contributed by atoms with Crippen LogP contribution in [0.3, 0.4) is 0 Å². The lowest BCUT2D eigenvalue weighted by atomic mass is 9.81. The molecule has 1 fully saturated rings. The quantitative estimate of drug-likeness (QED) is 0.807. The molecule has 6 heteroatoms. The van der Waals surface area contributed by atoms with E-state index in [9.17, 15) is 4.79 Å². The summed E-state index contributed by atoms with van der Waals surface area (Å²) in [6.45, 7) is 0.701. The van der Waals surface area contributed by atoms with E-state index in [0.717, 1.165) is 25.7 Å². The molecule has 0 aromatic heterocycles. The van der Waals surface area contributed by atoms with E-state index in [1.165, 1.54) is 6.07 Å². The van der Waals surface area contributed by atoms with Gasteiger partial charge in [0.15, 0.2) is 0 Å². The van der Waals surface area contributed by atoms with Crippen LogP contribution in [0.25, 0.3) is 0 Å². The second kappa shape index (κ2) is 6.99. The van der Waals surface area contributed by atoms with Crippen LogP contribution in [0.15, 0.2) is 12.1 Å². The first kappa shape index (κ1) is 15.9. The summed E-state index contributed by atoms with van der Waals surface area (Å²) in [7, 11) is 0. The zero-order valence-electron chi connectivity index (χ0n) is 11.0. The van der Waals surface area contributed by atoms with Crippen LogP contribution in [0, 0.1) is 11.8 Å². The third kappa shape index (κ3) is 3.79. The highest BCUT2D eigenvalue weighted by molar-refractivity contribution is 6.44. The number of benzene rings is 1. The Balaban J connectivity index is 2.00. The normalized spacial score (nSPS) is 22.6. The van der Waals surface area contributed by atoms with Gasteiger partial charge in [-0.1, -0.05) is 34.8 Å². The summed E-state index contributed by atoms with van der Waals surface area (Å²) in [6.07, 6.45) is 3.74. The van der Waals surface area contributed by atoms with E-state index in [1.54, 1.807) is 6.07 Å². The van der Waals surface area contributed by atoms with E-state index in [2.05, 4.69) is 5.32 Å². The van der Waals surface area contributed by atoms with Crippen molar-refractivity contribution in [1.29, 1.82) is 0 Å². The van der Waals surface area contributed by atoms with E-state index in [0.29, 0.717) is 33.2 Å². The molecule has 1 saturated carbocycles. The Kier molecular flexibility index (Phi) is 5.56. The van der Waals surface area contributed by atoms with Crippen LogP contribution in [0.2, 0.25) is 15.1 Å². The van der Waals surface area contributed by atoms with Gasteiger partial charge in [0.2, 0.25) is 5.91 Å². The third-order valence-electron chi connectivity index (χ3n) is 3.82. The van der Waals surface area contributed by atoms with Gasteiger partial charge in [0.05, 0.1) is 20.8 Å². The van der Waals surface area contributed by atoms with Gasteiger partial charge in [-0.15, -0.1) is 0 Å². The van der Waals surface area contributed by atoms with E-state index < -0.39 is 0 Å².